The Labute approximate surface area is 205 Å². The highest BCUT2D eigenvalue weighted by Gasteiger charge is 2.05. The molecular formula is C27H46N2O3S. The van der Waals surface area contributed by atoms with Gasteiger partial charge in [-0.15, -0.1) is 0 Å². The standard InChI is InChI=1S/C18H36O2.C9H10N2OS/c1-2-3-4-5-6-7-8-9-10-11-12-13-14-15-16-17-18(19)20;10-9(11)13-6-8(12)7-4-2-1-3-5-7/h2-17H2,1H3,(H,19,20);1-5H,6H2,(H3,10,11). The summed E-state index contributed by atoms with van der Waals surface area (Å²) in [5.41, 5.74) is 5.78. The smallest absolute Gasteiger partial charge is 0.303 e. The molecule has 6 heteroatoms. The van der Waals surface area contributed by atoms with Crippen LogP contribution in [0.25, 0.3) is 0 Å². The number of nitrogens with one attached hydrogen (secondary N) is 1. The van der Waals surface area contributed by atoms with Crippen molar-refractivity contribution in [2.24, 2.45) is 5.73 Å². The Hall–Kier alpha value is -1.82. The number of unbranched alkanes of at least 4 members (excludes halogenated alkanes) is 14. The van der Waals surface area contributed by atoms with Gasteiger partial charge in [-0.25, -0.2) is 0 Å². The monoisotopic (exact) mass is 478 g/mol. The lowest BCUT2D eigenvalue weighted by Crippen LogP contribution is -2.09. The van der Waals surface area contributed by atoms with Crippen molar-refractivity contribution in [3.8, 4) is 0 Å². The van der Waals surface area contributed by atoms with E-state index >= 15 is 0 Å². The highest BCUT2D eigenvalue weighted by atomic mass is 32.2. The Balaban J connectivity index is 0.000000676. The SMILES string of the molecule is CCCCCCCCCCCCCCCCCC(=O)O.N=C(N)SCC(=O)c1ccccc1. The van der Waals surface area contributed by atoms with Crippen LogP contribution in [-0.2, 0) is 4.79 Å². The fourth-order valence-electron chi connectivity index (χ4n) is 3.50. The molecule has 0 bridgehead atoms. The summed E-state index contributed by atoms with van der Waals surface area (Å²) in [7, 11) is 0. The van der Waals surface area contributed by atoms with Crippen molar-refractivity contribution in [3.63, 3.8) is 0 Å². The van der Waals surface area contributed by atoms with Gasteiger partial charge in [0.2, 0.25) is 0 Å². The first-order valence-electron chi connectivity index (χ1n) is 12.7. The van der Waals surface area contributed by atoms with Gasteiger partial charge in [-0.05, 0) is 6.42 Å². The van der Waals surface area contributed by atoms with E-state index in [0.717, 1.165) is 24.6 Å². The third kappa shape index (κ3) is 23.1. The second-order valence-corrected chi connectivity index (χ2v) is 9.55. The molecule has 188 valence electrons. The van der Waals surface area contributed by atoms with Crippen LogP contribution in [0.3, 0.4) is 0 Å². The fourth-order valence-corrected chi connectivity index (χ4v) is 3.95. The molecule has 0 aromatic heterocycles. The van der Waals surface area contributed by atoms with Crippen molar-refractivity contribution in [3.05, 3.63) is 35.9 Å². The number of ketones is 1. The van der Waals surface area contributed by atoms with E-state index in [4.69, 9.17) is 16.2 Å². The quantitative estimate of drug-likeness (QED) is 0.0813. The van der Waals surface area contributed by atoms with Crippen molar-refractivity contribution in [1.29, 1.82) is 5.41 Å². The van der Waals surface area contributed by atoms with E-state index in [9.17, 15) is 9.59 Å². The second kappa shape index (κ2) is 23.3. The summed E-state index contributed by atoms with van der Waals surface area (Å²) in [6.07, 6.45) is 20.2. The first kappa shape index (κ1) is 31.2. The molecule has 0 unspecified atom stereocenters. The number of Topliss-reactive ketones (excluding diaryl/α,β-unsaturated/α-hetero) is 1. The molecule has 0 saturated heterocycles. The van der Waals surface area contributed by atoms with Crippen LogP contribution in [0.5, 0.6) is 0 Å². The minimum absolute atomic E-state index is 0.000741. The molecule has 1 aromatic rings. The Kier molecular flexibility index (Phi) is 22.1. The lowest BCUT2D eigenvalue weighted by atomic mass is 10.0. The van der Waals surface area contributed by atoms with Gasteiger partial charge in [0.15, 0.2) is 11.0 Å². The number of carbonyl (C=O) groups excluding carboxylic acids is 1. The van der Waals surface area contributed by atoms with Gasteiger partial charge >= 0.3 is 5.97 Å². The maximum absolute atomic E-state index is 11.4. The summed E-state index contributed by atoms with van der Waals surface area (Å²) >= 11 is 1.05. The highest BCUT2D eigenvalue weighted by molar-refractivity contribution is 8.14. The molecule has 0 amide bonds. The number of carboxylic acid groups (broad SMARTS) is 1. The van der Waals surface area contributed by atoms with Crippen LogP contribution >= 0.6 is 11.8 Å². The normalized spacial score (nSPS) is 10.3. The molecule has 1 rings (SSSR count). The molecular weight excluding hydrogens is 432 g/mol. The number of hydrogen-bond acceptors (Lipinski definition) is 4. The number of amidine groups is 1. The summed E-state index contributed by atoms with van der Waals surface area (Å²) in [5, 5.41) is 15.4. The van der Waals surface area contributed by atoms with Crippen LogP contribution in [0.2, 0.25) is 0 Å². The fraction of sp³-hybridized carbons (Fsp3) is 0.667. The topological polar surface area (TPSA) is 104 Å². The van der Waals surface area contributed by atoms with E-state index in [1.165, 1.54) is 83.5 Å². The average molecular weight is 479 g/mol. The molecule has 0 aliphatic carbocycles. The van der Waals surface area contributed by atoms with Crippen LogP contribution in [0, 0.1) is 5.41 Å². The molecule has 0 spiro atoms. The summed E-state index contributed by atoms with van der Waals surface area (Å²) in [4.78, 5) is 21.7. The summed E-state index contributed by atoms with van der Waals surface area (Å²) in [6.45, 7) is 2.27. The predicted molar refractivity (Wildman–Crippen MR) is 142 cm³/mol. The molecule has 0 fully saturated rings. The highest BCUT2D eigenvalue weighted by Crippen LogP contribution is 2.13. The molecule has 0 aliphatic rings. The van der Waals surface area contributed by atoms with Crippen molar-refractivity contribution in [2.45, 2.75) is 110 Å². The first-order valence-corrected chi connectivity index (χ1v) is 13.7. The molecule has 5 nitrogen and oxygen atoms in total. The van der Waals surface area contributed by atoms with Gasteiger partial charge in [-0.1, -0.05) is 139 Å². The maximum atomic E-state index is 11.4. The van der Waals surface area contributed by atoms with Crippen LogP contribution in [0.15, 0.2) is 30.3 Å². The van der Waals surface area contributed by atoms with Gasteiger partial charge in [0, 0.05) is 12.0 Å². The van der Waals surface area contributed by atoms with Crippen LogP contribution in [0.4, 0.5) is 0 Å². The first-order chi connectivity index (χ1) is 16.0. The number of thioether (sulfide) groups is 1. The van der Waals surface area contributed by atoms with Crippen molar-refractivity contribution < 1.29 is 14.7 Å². The number of nitrogens with two attached hydrogens (primary N) is 1. The molecule has 4 N–H and O–H groups in total. The summed E-state index contributed by atoms with van der Waals surface area (Å²) in [5.74, 6) is -0.417. The van der Waals surface area contributed by atoms with Crippen molar-refractivity contribution in [1.82, 2.24) is 0 Å². The Morgan fingerprint density at radius 3 is 1.61 bits per heavy atom. The van der Waals surface area contributed by atoms with E-state index in [1.807, 2.05) is 18.2 Å². The molecule has 1 aromatic carbocycles. The molecule has 0 radical (unpaired) electrons. The van der Waals surface area contributed by atoms with Gasteiger partial charge in [0.25, 0.3) is 0 Å². The van der Waals surface area contributed by atoms with Gasteiger partial charge < -0.3 is 10.8 Å². The maximum Gasteiger partial charge on any atom is 0.303 e. The lowest BCUT2D eigenvalue weighted by molar-refractivity contribution is -0.137. The summed E-state index contributed by atoms with van der Waals surface area (Å²) in [6, 6.07) is 8.98. The lowest BCUT2D eigenvalue weighted by Gasteiger charge is -2.03. The number of carboxylic acids is 1. The van der Waals surface area contributed by atoms with Crippen molar-refractivity contribution in [2.75, 3.05) is 5.75 Å². The van der Waals surface area contributed by atoms with E-state index in [1.54, 1.807) is 12.1 Å². The van der Waals surface area contributed by atoms with Crippen molar-refractivity contribution >= 4 is 28.7 Å². The van der Waals surface area contributed by atoms with Crippen LogP contribution in [0.1, 0.15) is 120 Å². The van der Waals surface area contributed by atoms with Crippen LogP contribution in [-0.4, -0.2) is 27.8 Å². The largest absolute Gasteiger partial charge is 0.481 e. The molecule has 0 heterocycles. The van der Waals surface area contributed by atoms with E-state index in [-0.39, 0.29) is 16.7 Å². The van der Waals surface area contributed by atoms with Gasteiger partial charge in [-0.3, -0.25) is 15.0 Å². The van der Waals surface area contributed by atoms with Crippen LogP contribution < -0.4 is 5.73 Å². The predicted octanol–water partition coefficient (Wildman–Crippen LogP) is 7.83. The Morgan fingerprint density at radius 1 is 0.788 bits per heavy atom. The van der Waals surface area contributed by atoms with Gasteiger partial charge in [-0.2, -0.15) is 0 Å². The zero-order valence-electron chi connectivity index (χ0n) is 20.7. The third-order valence-corrected chi connectivity index (χ3v) is 6.17. The van der Waals surface area contributed by atoms with E-state index < -0.39 is 5.97 Å². The number of carbonyl (C=O) groups is 2. The Morgan fingerprint density at radius 2 is 1.21 bits per heavy atom. The minimum Gasteiger partial charge on any atom is -0.481 e. The molecule has 0 atom stereocenters. The molecule has 33 heavy (non-hydrogen) atoms. The third-order valence-electron chi connectivity index (χ3n) is 5.45. The zero-order valence-corrected chi connectivity index (χ0v) is 21.5. The number of aliphatic carboxylic acids is 1. The number of benzene rings is 1. The van der Waals surface area contributed by atoms with E-state index in [2.05, 4.69) is 6.92 Å². The summed E-state index contributed by atoms with van der Waals surface area (Å²) < 4.78 is 0. The molecule has 0 saturated carbocycles. The molecule has 0 aliphatic heterocycles. The second-order valence-electron chi connectivity index (χ2n) is 8.54. The minimum atomic E-state index is -0.653. The Bertz CT molecular complexity index is 623. The van der Waals surface area contributed by atoms with Gasteiger partial charge in [0.05, 0.1) is 5.75 Å². The number of hydrogen-bond donors (Lipinski definition) is 3. The van der Waals surface area contributed by atoms with Gasteiger partial charge in [0.1, 0.15) is 0 Å². The average Bonchev–Trinajstić information content (AvgIpc) is 2.80. The number of rotatable bonds is 19. The zero-order chi connectivity index (χ0) is 24.6. The van der Waals surface area contributed by atoms with E-state index in [0.29, 0.717) is 12.0 Å².